The van der Waals surface area contributed by atoms with Crippen LogP contribution in [0.1, 0.15) is 19.5 Å². The molecule has 2 heterocycles. The third kappa shape index (κ3) is 5.28. The number of halogens is 6. The van der Waals surface area contributed by atoms with Gasteiger partial charge in [0.25, 0.3) is 0 Å². The fourth-order valence-electron chi connectivity index (χ4n) is 3.24. The van der Waals surface area contributed by atoms with E-state index in [4.69, 9.17) is 0 Å². The Morgan fingerprint density at radius 1 is 0.971 bits per heavy atom. The predicted octanol–water partition coefficient (Wildman–Crippen LogP) is 9.27. The average Bonchev–Trinajstić information content (AvgIpc) is 3.29. The third-order valence-electron chi connectivity index (χ3n) is 4.73. The van der Waals surface area contributed by atoms with E-state index in [9.17, 15) is 23.8 Å². The number of hydrogen-bond donors (Lipinski definition) is 0. The van der Waals surface area contributed by atoms with Crippen molar-refractivity contribution >= 4 is 33.3 Å². The molecule has 34 heavy (non-hydrogen) atoms. The molecule has 4 aromatic rings. The summed E-state index contributed by atoms with van der Waals surface area (Å²) < 4.78 is 81.5. The van der Waals surface area contributed by atoms with Gasteiger partial charge in [0.15, 0.2) is 0 Å². The van der Waals surface area contributed by atoms with Crippen molar-refractivity contribution in [2.75, 3.05) is 0 Å². The monoisotopic (exact) mass is 535 g/mol. The Morgan fingerprint density at radius 3 is 2.24 bits per heavy atom. The van der Waals surface area contributed by atoms with Crippen LogP contribution < -0.4 is 0 Å². The second-order valence-electron chi connectivity index (χ2n) is 7.88. The Morgan fingerprint density at radius 2 is 1.65 bits per heavy atom. The van der Waals surface area contributed by atoms with Gasteiger partial charge in [-0.3, -0.25) is 0 Å². The molecule has 0 atom stereocenters. The molecule has 0 unspecified atom stereocenters. The molecule has 2 aromatic carbocycles. The predicted molar refractivity (Wildman–Crippen MR) is 127 cm³/mol. The van der Waals surface area contributed by atoms with Crippen molar-refractivity contribution in [2.24, 2.45) is 0 Å². The lowest BCUT2D eigenvalue weighted by Gasteiger charge is -2.40. The van der Waals surface area contributed by atoms with Crippen LogP contribution in [0.15, 0.2) is 63.8 Å². The Kier molecular flexibility index (Phi) is 5.65. The normalized spacial score (nSPS) is 14.3. The molecule has 0 saturated carbocycles. The Balaban J connectivity index is 1.77. The standard InChI is InChI=1S/C22H19F6N3S3/c1-13(2)32-21-20(15-7-9-18(10-8-15)34(24,25,26,27)28)29-22(33-21)31-12-19(14(3)30-31)16-5-4-6-17(23)11-16/h4-13H,1-3H3. The van der Waals surface area contributed by atoms with Crippen molar-refractivity contribution in [3.05, 3.63) is 66.2 Å². The smallest absolute Gasteiger partial charge is 0.217 e. The van der Waals surface area contributed by atoms with Crippen LogP contribution in [0, 0.1) is 12.7 Å². The van der Waals surface area contributed by atoms with Crippen molar-refractivity contribution in [3.63, 3.8) is 0 Å². The highest BCUT2D eigenvalue weighted by Crippen LogP contribution is 3.02. The summed E-state index contributed by atoms with van der Waals surface area (Å²) in [5.41, 5.74) is 2.65. The van der Waals surface area contributed by atoms with Crippen LogP contribution in [-0.2, 0) is 0 Å². The summed E-state index contributed by atoms with van der Waals surface area (Å²) in [6.07, 6.45) is 1.70. The molecule has 12 heteroatoms. The molecular weight excluding hydrogens is 516 g/mol. The van der Waals surface area contributed by atoms with E-state index in [1.807, 2.05) is 13.8 Å². The van der Waals surface area contributed by atoms with Crippen molar-refractivity contribution in [2.45, 2.75) is 35.1 Å². The van der Waals surface area contributed by atoms with Crippen LogP contribution in [0.2, 0.25) is 0 Å². The van der Waals surface area contributed by atoms with Crippen LogP contribution in [0.5, 0.6) is 0 Å². The number of aryl methyl sites for hydroxylation is 1. The summed E-state index contributed by atoms with van der Waals surface area (Å²) in [4.78, 5) is 2.62. The number of nitrogens with zero attached hydrogens (tertiary/aromatic N) is 3. The SMILES string of the molecule is Cc1nn(-c2nc(-c3ccc(S(F)(F)(F)(F)F)cc3)c(SC(C)C)s2)cc1-c1cccc(F)c1. The van der Waals surface area contributed by atoms with E-state index in [-0.39, 0.29) is 16.6 Å². The Labute approximate surface area is 200 Å². The maximum atomic E-state index is 13.7. The molecule has 0 saturated heterocycles. The van der Waals surface area contributed by atoms with Gasteiger partial charge in [0.2, 0.25) is 5.13 Å². The topological polar surface area (TPSA) is 30.7 Å². The van der Waals surface area contributed by atoms with Crippen LogP contribution in [0.3, 0.4) is 0 Å². The molecule has 0 amide bonds. The fraction of sp³-hybridized carbons (Fsp3) is 0.182. The highest BCUT2D eigenvalue weighted by atomic mass is 32.5. The lowest BCUT2D eigenvalue weighted by Crippen LogP contribution is -2.05. The molecule has 0 bridgehead atoms. The van der Waals surface area contributed by atoms with Gasteiger partial charge in [0, 0.05) is 22.6 Å². The van der Waals surface area contributed by atoms with Gasteiger partial charge in [0.05, 0.1) is 15.6 Å². The Bertz CT molecular complexity index is 1360. The molecule has 0 N–H and O–H groups in total. The van der Waals surface area contributed by atoms with Gasteiger partial charge in [-0.1, -0.05) is 68.9 Å². The summed E-state index contributed by atoms with van der Waals surface area (Å²) >= 11 is 2.73. The molecule has 2 aromatic heterocycles. The first-order valence-electron chi connectivity index (χ1n) is 9.95. The molecule has 0 radical (unpaired) electrons. The number of aromatic nitrogens is 3. The van der Waals surface area contributed by atoms with Gasteiger partial charge in [-0.05, 0) is 36.8 Å². The molecular formula is C22H19F6N3S3. The van der Waals surface area contributed by atoms with Gasteiger partial charge in [0.1, 0.15) is 10.7 Å². The van der Waals surface area contributed by atoms with E-state index < -0.39 is 15.1 Å². The quantitative estimate of drug-likeness (QED) is 0.182. The number of hydrogen-bond acceptors (Lipinski definition) is 4. The highest BCUT2D eigenvalue weighted by molar-refractivity contribution is 8.45. The minimum atomic E-state index is -9.76. The second-order valence-corrected chi connectivity index (χ2v) is 13.1. The molecule has 4 rings (SSSR count). The van der Waals surface area contributed by atoms with Crippen molar-refractivity contribution in [1.82, 2.24) is 14.8 Å². The summed E-state index contributed by atoms with van der Waals surface area (Å²) in [5.74, 6) is -0.383. The van der Waals surface area contributed by atoms with Gasteiger partial charge in [-0.25, -0.2) is 14.1 Å². The van der Waals surface area contributed by atoms with Crippen LogP contribution in [0.4, 0.5) is 23.8 Å². The van der Waals surface area contributed by atoms with Crippen LogP contribution in [-0.4, -0.2) is 20.0 Å². The minimum absolute atomic E-state index is 0.137. The largest absolute Gasteiger partial charge is 0.310 e. The van der Waals surface area contributed by atoms with Crippen molar-refractivity contribution in [3.8, 4) is 27.5 Å². The van der Waals surface area contributed by atoms with Crippen molar-refractivity contribution in [1.29, 1.82) is 0 Å². The lowest BCUT2D eigenvalue weighted by atomic mass is 10.1. The van der Waals surface area contributed by atoms with E-state index in [2.05, 4.69) is 10.1 Å². The maximum absolute atomic E-state index is 13.7. The number of thioether (sulfide) groups is 1. The molecule has 0 spiro atoms. The fourth-order valence-corrected chi connectivity index (χ4v) is 6.33. The van der Waals surface area contributed by atoms with E-state index in [1.54, 1.807) is 25.3 Å². The van der Waals surface area contributed by atoms with Crippen LogP contribution >= 0.6 is 33.3 Å². The van der Waals surface area contributed by atoms with Crippen molar-refractivity contribution < 1.29 is 23.8 Å². The maximum Gasteiger partial charge on any atom is 0.310 e. The zero-order valence-corrected chi connectivity index (χ0v) is 20.6. The summed E-state index contributed by atoms with van der Waals surface area (Å²) in [6, 6.07) is 8.86. The van der Waals surface area contributed by atoms with E-state index in [1.165, 1.54) is 39.9 Å². The van der Waals surface area contributed by atoms with Gasteiger partial charge in [-0.2, -0.15) is 5.10 Å². The van der Waals surface area contributed by atoms with E-state index in [0.717, 1.165) is 12.1 Å². The lowest BCUT2D eigenvalue weighted by molar-refractivity contribution is 0.364. The molecule has 0 aliphatic rings. The number of rotatable bonds is 6. The highest BCUT2D eigenvalue weighted by Gasteiger charge is 2.65. The first kappa shape index (κ1) is 24.7. The molecule has 0 fully saturated rings. The zero-order valence-electron chi connectivity index (χ0n) is 18.1. The average molecular weight is 536 g/mol. The van der Waals surface area contributed by atoms with Gasteiger partial charge < -0.3 is 0 Å². The summed E-state index contributed by atoms with van der Waals surface area (Å²) in [5, 5.41) is 5.05. The summed E-state index contributed by atoms with van der Waals surface area (Å²) in [7, 11) is -9.76. The minimum Gasteiger partial charge on any atom is -0.217 e. The number of benzene rings is 2. The van der Waals surface area contributed by atoms with Crippen LogP contribution in [0.25, 0.3) is 27.5 Å². The first-order chi connectivity index (χ1) is 15.6. The van der Waals surface area contributed by atoms with E-state index in [0.29, 0.717) is 44.0 Å². The third-order valence-corrected chi connectivity index (χ3v) is 8.15. The Hall–Kier alpha value is -2.44. The number of thiazole rings is 1. The molecule has 3 nitrogen and oxygen atoms in total. The zero-order chi connectivity index (χ0) is 25.0. The molecule has 182 valence electrons. The van der Waals surface area contributed by atoms with Gasteiger partial charge >= 0.3 is 10.2 Å². The molecule has 0 aliphatic heterocycles. The molecule has 0 aliphatic carbocycles. The first-order valence-corrected chi connectivity index (χ1v) is 13.6. The van der Waals surface area contributed by atoms with E-state index >= 15 is 0 Å². The summed E-state index contributed by atoms with van der Waals surface area (Å²) in [6.45, 7) is 5.67. The van der Waals surface area contributed by atoms with Gasteiger partial charge in [-0.15, -0.1) is 11.8 Å². The second kappa shape index (κ2) is 7.79.